The Hall–Kier alpha value is -1.69. The van der Waals surface area contributed by atoms with Crippen molar-refractivity contribution in [3.8, 4) is 5.75 Å². The van der Waals surface area contributed by atoms with E-state index in [1.165, 1.54) is 0 Å². The lowest BCUT2D eigenvalue weighted by Gasteiger charge is -2.14. The second kappa shape index (κ2) is 7.68. The Bertz CT molecular complexity index is 450. The number of ether oxygens (including phenoxy) is 1. The van der Waals surface area contributed by atoms with Crippen molar-refractivity contribution in [1.82, 2.24) is 0 Å². The van der Waals surface area contributed by atoms with Crippen LogP contribution in [-0.2, 0) is 9.59 Å². The van der Waals surface area contributed by atoms with Crippen molar-refractivity contribution >= 4 is 29.3 Å². The Morgan fingerprint density at radius 3 is 2.74 bits per heavy atom. The minimum absolute atomic E-state index is 0.0955. The van der Waals surface area contributed by atoms with Gasteiger partial charge in [-0.1, -0.05) is 12.1 Å². The first-order valence-electron chi connectivity index (χ1n) is 5.90. The monoisotopic (exact) mass is 283 g/mol. The average molecular weight is 283 g/mol. The summed E-state index contributed by atoms with van der Waals surface area (Å²) in [7, 11) is 0. The fourth-order valence-electron chi connectivity index (χ4n) is 1.36. The largest absolute Gasteiger partial charge is 0.492 e. The zero-order chi connectivity index (χ0) is 14.3. The number of hydrogen-bond donors (Lipinski definition) is 2. The van der Waals surface area contributed by atoms with E-state index in [1.807, 2.05) is 13.0 Å². The molecule has 0 aliphatic rings. The van der Waals surface area contributed by atoms with Gasteiger partial charge in [0.2, 0.25) is 5.91 Å². The van der Waals surface area contributed by atoms with Gasteiger partial charge in [0.25, 0.3) is 0 Å². The average Bonchev–Trinajstić information content (AvgIpc) is 2.38. The van der Waals surface area contributed by atoms with Crippen molar-refractivity contribution in [2.75, 3.05) is 17.7 Å². The van der Waals surface area contributed by atoms with Gasteiger partial charge >= 0.3 is 5.97 Å². The molecule has 0 saturated heterocycles. The van der Waals surface area contributed by atoms with Crippen LogP contribution in [0.2, 0.25) is 0 Å². The number of rotatable bonds is 7. The molecule has 0 aromatic heterocycles. The molecule has 0 aliphatic carbocycles. The fourth-order valence-corrected chi connectivity index (χ4v) is 1.96. The van der Waals surface area contributed by atoms with Crippen molar-refractivity contribution in [2.45, 2.75) is 19.1 Å². The van der Waals surface area contributed by atoms with Crippen LogP contribution in [0.5, 0.6) is 5.75 Å². The molecule has 19 heavy (non-hydrogen) atoms. The van der Waals surface area contributed by atoms with Crippen LogP contribution in [0.15, 0.2) is 24.3 Å². The molecule has 1 amide bonds. The zero-order valence-corrected chi connectivity index (χ0v) is 11.7. The molecule has 0 aliphatic heterocycles. The normalized spacial score (nSPS) is 11.7. The van der Waals surface area contributed by atoms with Crippen LogP contribution in [0.1, 0.15) is 13.8 Å². The minimum Gasteiger partial charge on any atom is -0.492 e. The first-order valence-corrected chi connectivity index (χ1v) is 6.95. The molecule has 6 heteroatoms. The van der Waals surface area contributed by atoms with Gasteiger partial charge in [-0.2, -0.15) is 0 Å². The van der Waals surface area contributed by atoms with E-state index in [4.69, 9.17) is 9.84 Å². The molecule has 1 aromatic carbocycles. The van der Waals surface area contributed by atoms with E-state index in [1.54, 1.807) is 25.1 Å². The van der Waals surface area contributed by atoms with Gasteiger partial charge in [0.1, 0.15) is 5.75 Å². The van der Waals surface area contributed by atoms with Gasteiger partial charge in [-0.3, -0.25) is 9.59 Å². The molecule has 1 unspecified atom stereocenters. The second-order valence-electron chi connectivity index (χ2n) is 3.77. The summed E-state index contributed by atoms with van der Waals surface area (Å²) < 4.78 is 5.40. The van der Waals surface area contributed by atoms with Crippen LogP contribution in [0.25, 0.3) is 0 Å². The summed E-state index contributed by atoms with van der Waals surface area (Å²) >= 11 is 1.08. The van der Waals surface area contributed by atoms with Crippen molar-refractivity contribution in [2.24, 2.45) is 0 Å². The lowest BCUT2D eigenvalue weighted by molar-refractivity contribution is -0.133. The highest BCUT2D eigenvalue weighted by molar-refractivity contribution is 8.01. The maximum Gasteiger partial charge on any atom is 0.313 e. The molecule has 0 spiro atoms. The quantitative estimate of drug-likeness (QED) is 0.802. The first-order chi connectivity index (χ1) is 9.04. The summed E-state index contributed by atoms with van der Waals surface area (Å²) in [6, 6.07) is 7.14. The van der Waals surface area contributed by atoms with Crippen molar-refractivity contribution < 1.29 is 19.4 Å². The smallest absolute Gasteiger partial charge is 0.313 e. The number of para-hydroxylation sites is 2. The van der Waals surface area contributed by atoms with E-state index >= 15 is 0 Å². The summed E-state index contributed by atoms with van der Waals surface area (Å²) in [4.78, 5) is 22.4. The number of amides is 1. The molecular formula is C13H17NO4S. The van der Waals surface area contributed by atoms with Crippen molar-refractivity contribution in [3.05, 3.63) is 24.3 Å². The predicted octanol–water partition coefficient (Wildman–Crippen LogP) is 2.23. The third-order valence-corrected chi connectivity index (χ3v) is 3.40. The summed E-state index contributed by atoms with van der Waals surface area (Å²) in [6.07, 6.45) is 0. The Labute approximate surface area is 116 Å². The molecule has 5 nitrogen and oxygen atoms in total. The van der Waals surface area contributed by atoms with Crippen molar-refractivity contribution in [1.29, 1.82) is 0 Å². The molecule has 2 N–H and O–H groups in total. The molecule has 0 bridgehead atoms. The Balaban J connectivity index is 2.63. The maximum absolute atomic E-state index is 11.9. The van der Waals surface area contributed by atoms with Gasteiger partial charge in [-0.05, 0) is 26.0 Å². The number of carboxylic acid groups (broad SMARTS) is 1. The summed E-state index contributed by atoms with van der Waals surface area (Å²) in [5.74, 6) is -0.659. The van der Waals surface area contributed by atoms with Gasteiger partial charge in [0.05, 0.1) is 23.3 Å². The van der Waals surface area contributed by atoms with Crippen molar-refractivity contribution in [3.63, 3.8) is 0 Å². The van der Waals surface area contributed by atoms with Crippen LogP contribution < -0.4 is 10.1 Å². The molecule has 0 fully saturated rings. The number of benzene rings is 1. The third kappa shape index (κ3) is 5.21. The van der Waals surface area contributed by atoms with Gasteiger partial charge < -0.3 is 15.2 Å². The lowest BCUT2D eigenvalue weighted by atomic mass is 10.3. The van der Waals surface area contributed by atoms with Gasteiger partial charge in [0.15, 0.2) is 0 Å². The van der Waals surface area contributed by atoms with Gasteiger partial charge in [-0.15, -0.1) is 11.8 Å². The lowest BCUT2D eigenvalue weighted by Crippen LogP contribution is -2.24. The number of carbonyl (C=O) groups is 2. The second-order valence-corrected chi connectivity index (χ2v) is 5.09. The third-order valence-electron chi connectivity index (χ3n) is 2.27. The van der Waals surface area contributed by atoms with Crippen LogP contribution in [0.3, 0.4) is 0 Å². The van der Waals surface area contributed by atoms with E-state index in [9.17, 15) is 9.59 Å². The standard InChI is InChI=1S/C13H17NO4S/c1-3-18-11-7-5-4-6-10(11)14-13(17)9(2)19-8-12(15)16/h4-7,9H,3,8H2,1-2H3,(H,14,17)(H,15,16). The number of hydrogen-bond acceptors (Lipinski definition) is 4. The zero-order valence-electron chi connectivity index (χ0n) is 10.9. The van der Waals surface area contributed by atoms with E-state index < -0.39 is 11.2 Å². The van der Waals surface area contributed by atoms with E-state index in [2.05, 4.69) is 5.32 Å². The molecule has 0 heterocycles. The van der Waals surface area contributed by atoms with E-state index in [0.29, 0.717) is 18.0 Å². The number of carbonyl (C=O) groups excluding carboxylic acids is 1. The summed E-state index contributed by atoms with van der Waals surface area (Å²) in [5.41, 5.74) is 0.595. The topological polar surface area (TPSA) is 75.6 Å². The molecule has 1 atom stereocenters. The summed E-state index contributed by atoms with van der Waals surface area (Å²) in [6.45, 7) is 4.05. The number of anilines is 1. The van der Waals surface area contributed by atoms with Gasteiger partial charge in [0, 0.05) is 0 Å². The molecular weight excluding hydrogens is 266 g/mol. The van der Waals surface area contributed by atoms with E-state index in [0.717, 1.165) is 11.8 Å². The van der Waals surface area contributed by atoms with E-state index in [-0.39, 0.29) is 11.7 Å². The Morgan fingerprint density at radius 2 is 2.11 bits per heavy atom. The van der Waals surface area contributed by atoms with Crippen LogP contribution in [0.4, 0.5) is 5.69 Å². The number of aliphatic carboxylic acids is 1. The first kappa shape index (κ1) is 15.4. The molecule has 0 radical (unpaired) electrons. The van der Waals surface area contributed by atoms with Crippen LogP contribution in [0, 0.1) is 0 Å². The number of nitrogens with one attached hydrogen (secondary N) is 1. The molecule has 1 rings (SSSR count). The fraction of sp³-hybridized carbons (Fsp3) is 0.385. The number of thioether (sulfide) groups is 1. The highest BCUT2D eigenvalue weighted by Gasteiger charge is 2.16. The van der Waals surface area contributed by atoms with Crippen LogP contribution in [-0.4, -0.2) is 34.6 Å². The van der Waals surface area contributed by atoms with Gasteiger partial charge in [-0.25, -0.2) is 0 Å². The van der Waals surface area contributed by atoms with Crippen LogP contribution >= 0.6 is 11.8 Å². The summed E-state index contributed by atoms with van der Waals surface area (Å²) in [5, 5.41) is 10.9. The molecule has 104 valence electrons. The number of carboxylic acids is 1. The minimum atomic E-state index is -0.931. The molecule has 0 saturated carbocycles. The maximum atomic E-state index is 11.9. The Morgan fingerprint density at radius 1 is 1.42 bits per heavy atom. The molecule has 1 aromatic rings. The SMILES string of the molecule is CCOc1ccccc1NC(=O)C(C)SCC(=O)O. The highest BCUT2D eigenvalue weighted by atomic mass is 32.2. The predicted molar refractivity (Wildman–Crippen MR) is 75.8 cm³/mol. The Kier molecular flexibility index (Phi) is 6.21. The highest BCUT2D eigenvalue weighted by Crippen LogP contribution is 2.24.